The summed E-state index contributed by atoms with van der Waals surface area (Å²) in [6.45, 7) is 8.81. The number of hydrogen-bond donors (Lipinski definition) is 2. The van der Waals surface area contributed by atoms with E-state index in [1.807, 2.05) is 39.6 Å². The van der Waals surface area contributed by atoms with Crippen molar-refractivity contribution < 1.29 is 14.3 Å². The van der Waals surface area contributed by atoms with Crippen molar-refractivity contribution in [1.82, 2.24) is 9.55 Å². The van der Waals surface area contributed by atoms with E-state index in [1.165, 1.54) is 7.05 Å². The van der Waals surface area contributed by atoms with Gasteiger partial charge in [0.25, 0.3) is 5.56 Å². The van der Waals surface area contributed by atoms with Crippen molar-refractivity contribution in [1.29, 1.82) is 0 Å². The number of carbonyl (C=O) groups excluding carboxylic acids is 2. The van der Waals surface area contributed by atoms with Gasteiger partial charge in [0.15, 0.2) is 6.61 Å². The van der Waals surface area contributed by atoms with Crippen molar-refractivity contribution >= 4 is 17.6 Å². The summed E-state index contributed by atoms with van der Waals surface area (Å²) in [5.41, 5.74) is 8.68. The molecule has 0 atom stereocenters. The maximum Gasteiger partial charge on any atom is 0.339 e. The highest BCUT2D eigenvalue weighted by molar-refractivity contribution is 6.02. The third-order valence-corrected chi connectivity index (χ3v) is 5.19. The molecule has 8 heteroatoms. The highest BCUT2D eigenvalue weighted by Gasteiger charge is 2.23. The predicted molar refractivity (Wildman–Crippen MR) is 101 cm³/mol. The number of anilines is 1. The number of nitrogen functional groups attached to an aromatic ring is 1. The Kier molecular flexibility index (Phi) is 5.39. The summed E-state index contributed by atoms with van der Waals surface area (Å²) in [5, 5.41) is 0. The van der Waals surface area contributed by atoms with Gasteiger partial charge in [0.2, 0.25) is 5.78 Å². The number of nitrogens with zero attached hydrogens (tertiary/aromatic N) is 1. The van der Waals surface area contributed by atoms with Gasteiger partial charge in [0.05, 0.1) is 5.56 Å². The Balaban J connectivity index is 2.33. The standard InChI is InChI=1S/C19H23N3O5/c1-8-9(2)11(4)14(12(5)10(8)3)18(25)27-7-13(23)15-16(20)22(6)19(26)21-17(15)24/h7,20H2,1-6H3,(H,21,24,26). The first-order valence-electron chi connectivity index (χ1n) is 8.35. The Morgan fingerprint density at radius 3 is 1.93 bits per heavy atom. The summed E-state index contributed by atoms with van der Waals surface area (Å²) >= 11 is 0. The molecule has 27 heavy (non-hydrogen) atoms. The topological polar surface area (TPSA) is 124 Å². The average molecular weight is 373 g/mol. The molecular weight excluding hydrogens is 350 g/mol. The lowest BCUT2D eigenvalue weighted by Gasteiger charge is -2.17. The SMILES string of the molecule is Cc1c(C)c(C)c(C(=O)OCC(=O)c2c(N)n(C)c(=O)[nH]c2=O)c(C)c1C. The highest BCUT2D eigenvalue weighted by Crippen LogP contribution is 2.26. The van der Waals surface area contributed by atoms with E-state index < -0.39 is 35.2 Å². The number of aromatic nitrogens is 2. The lowest BCUT2D eigenvalue weighted by molar-refractivity contribution is 0.0472. The second-order valence-corrected chi connectivity index (χ2v) is 6.58. The number of H-pyrrole nitrogens is 1. The molecule has 0 saturated heterocycles. The van der Waals surface area contributed by atoms with Crippen molar-refractivity contribution in [2.24, 2.45) is 7.05 Å². The van der Waals surface area contributed by atoms with E-state index in [1.54, 1.807) is 0 Å². The molecule has 0 amide bonds. The molecule has 0 spiro atoms. The number of esters is 1. The molecule has 1 aromatic carbocycles. The van der Waals surface area contributed by atoms with Crippen LogP contribution in [0.1, 0.15) is 48.5 Å². The summed E-state index contributed by atoms with van der Waals surface area (Å²) in [6, 6.07) is 0. The maximum absolute atomic E-state index is 12.6. The monoisotopic (exact) mass is 373 g/mol. The number of ether oxygens (including phenoxy) is 1. The average Bonchev–Trinajstić information content (AvgIpc) is 2.61. The molecule has 2 aromatic rings. The van der Waals surface area contributed by atoms with Crippen LogP contribution < -0.4 is 17.0 Å². The van der Waals surface area contributed by atoms with Gasteiger partial charge in [-0.15, -0.1) is 0 Å². The summed E-state index contributed by atoms with van der Waals surface area (Å²) < 4.78 is 6.09. The van der Waals surface area contributed by atoms with Crippen LogP contribution in [0.4, 0.5) is 5.82 Å². The van der Waals surface area contributed by atoms with Crippen molar-refractivity contribution in [3.8, 4) is 0 Å². The zero-order chi connectivity index (χ0) is 20.6. The normalized spacial score (nSPS) is 10.7. The third-order valence-electron chi connectivity index (χ3n) is 5.19. The van der Waals surface area contributed by atoms with E-state index in [4.69, 9.17) is 10.5 Å². The molecule has 0 saturated carbocycles. The van der Waals surface area contributed by atoms with E-state index in [0.717, 1.165) is 32.4 Å². The molecule has 0 bridgehead atoms. The summed E-state index contributed by atoms with van der Waals surface area (Å²) in [7, 11) is 1.32. The van der Waals surface area contributed by atoms with Gasteiger partial charge in [0, 0.05) is 7.05 Å². The predicted octanol–water partition coefficient (Wildman–Crippen LogP) is 1.24. The van der Waals surface area contributed by atoms with Crippen LogP contribution >= 0.6 is 0 Å². The first-order chi connectivity index (χ1) is 12.5. The fraction of sp³-hybridized carbons (Fsp3) is 0.368. The number of nitrogens with two attached hydrogens (primary N) is 1. The summed E-state index contributed by atoms with van der Waals surface area (Å²) in [4.78, 5) is 50.3. The second-order valence-electron chi connectivity index (χ2n) is 6.58. The number of hydrogen-bond acceptors (Lipinski definition) is 6. The molecule has 3 N–H and O–H groups in total. The summed E-state index contributed by atoms with van der Waals surface area (Å²) in [5.74, 6) is -1.71. The van der Waals surface area contributed by atoms with Crippen molar-refractivity contribution in [2.75, 3.05) is 12.3 Å². The van der Waals surface area contributed by atoms with Crippen LogP contribution in [-0.4, -0.2) is 27.9 Å². The zero-order valence-corrected chi connectivity index (χ0v) is 16.3. The molecule has 1 aromatic heterocycles. The number of Topliss-reactive ketones (excluding diaryl/α,β-unsaturated/α-hetero) is 1. The summed E-state index contributed by atoms with van der Waals surface area (Å²) in [6.07, 6.45) is 0. The van der Waals surface area contributed by atoms with Gasteiger partial charge in [-0.1, -0.05) is 0 Å². The Hall–Kier alpha value is -3.16. The molecule has 0 aliphatic rings. The lowest BCUT2D eigenvalue weighted by Crippen LogP contribution is -2.35. The van der Waals surface area contributed by atoms with Crippen LogP contribution in [0, 0.1) is 34.6 Å². The lowest BCUT2D eigenvalue weighted by atomic mass is 9.90. The van der Waals surface area contributed by atoms with Gasteiger partial charge >= 0.3 is 11.7 Å². The van der Waals surface area contributed by atoms with E-state index >= 15 is 0 Å². The number of aromatic amines is 1. The van der Waals surface area contributed by atoms with Crippen LogP contribution in [0.2, 0.25) is 0 Å². The molecule has 0 aliphatic heterocycles. The van der Waals surface area contributed by atoms with Gasteiger partial charge in [-0.3, -0.25) is 19.1 Å². The molecule has 1 heterocycles. The Bertz CT molecular complexity index is 1050. The second kappa shape index (κ2) is 7.22. The van der Waals surface area contributed by atoms with E-state index in [0.29, 0.717) is 5.56 Å². The van der Waals surface area contributed by atoms with Crippen LogP contribution in [0.25, 0.3) is 0 Å². The Morgan fingerprint density at radius 1 is 0.926 bits per heavy atom. The first-order valence-corrected chi connectivity index (χ1v) is 8.35. The van der Waals surface area contributed by atoms with Crippen LogP contribution in [0.3, 0.4) is 0 Å². The number of ketones is 1. The van der Waals surface area contributed by atoms with Gasteiger partial charge in [0.1, 0.15) is 11.4 Å². The van der Waals surface area contributed by atoms with Gasteiger partial charge in [-0.25, -0.2) is 9.59 Å². The van der Waals surface area contributed by atoms with Gasteiger partial charge < -0.3 is 10.5 Å². The zero-order valence-electron chi connectivity index (χ0n) is 16.3. The molecular formula is C19H23N3O5. The van der Waals surface area contributed by atoms with Gasteiger partial charge in [-0.05, 0) is 62.4 Å². The fourth-order valence-corrected chi connectivity index (χ4v) is 2.99. The molecule has 2 rings (SSSR count). The molecule has 144 valence electrons. The number of carbonyl (C=O) groups is 2. The molecule has 0 fully saturated rings. The minimum absolute atomic E-state index is 0.279. The molecule has 0 radical (unpaired) electrons. The number of nitrogens with one attached hydrogen (secondary N) is 1. The molecule has 0 aliphatic carbocycles. The smallest absolute Gasteiger partial charge is 0.339 e. The number of rotatable bonds is 4. The van der Waals surface area contributed by atoms with Crippen LogP contribution in [0.5, 0.6) is 0 Å². The van der Waals surface area contributed by atoms with Crippen molar-refractivity contribution in [3.05, 3.63) is 59.8 Å². The minimum atomic E-state index is -0.911. The highest BCUT2D eigenvalue weighted by atomic mass is 16.5. The maximum atomic E-state index is 12.6. The van der Waals surface area contributed by atoms with Crippen molar-refractivity contribution in [2.45, 2.75) is 34.6 Å². The third kappa shape index (κ3) is 3.42. The molecule has 8 nitrogen and oxygen atoms in total. The van der Waals surface area contributed by atoms with E-state index in [9.17, 15) is 19.2 Å². The minimum Gasteiger partial charge on any atom is -0.454 e. The quantitative estimate of drug-likeness (QED) is 0.614. The first kappa shape index (κ1) is 20.2. The largest absolute Gasteiger partial charge is 0.454 e. The fourth-order valence-electron chi connectivity index (χ4n) is 2.99. The molecule has 0 unspecified atom stereocenters. The van der Waals surface area contributed by atoms with E-state index in [-0.39, 0.29) is 5.82 Å². The Morgan fingerprint density at radius 2 is 1.41 bits per heavy atom. The van der Waals surface area contributed by atoms with Crippen LogP contribution in [0.15, 0.2) is 9.59 Å². The van der Waals surface area contributed by atoms with E-state index in [2.05, 4.69) is 0 Å². The van der Waals surface area contributed by atoms with Crippen LogP contribution in [-0.2, 0) is 11.8 Å². The van der Waals surface area contributed by atoms with Gasteiger partial charge in [-0.2, -0.15) is 0 Å². The van der Waals surface area contributed by atoms with Crippen molar-refractivity contribution in [3.63, 3.8) is 0 Å². The Labute approximate surface area is 156 Å². The number of benzene rings is 1.